The van der Waals surface area contributed by atoms with Crippen molar-refractivity contribution < 1.29 is 0 Å². The summed E-state index contributed by atoms with van der Waals surface area (Å²) in [6.45, 7) is 6.86. The highest BCUT2D eigenvalue weighted by Crippen LogP contribution is 2.49. The number of halogens is 1. The molecule has 0 saturated carbocycles. The standard InChI is InChI=1S/C21H22ClN3S/c1-14-5-8-17-19-20(16-7-6-15(22)13-18(16)26-21(14)19)23-25(17)12-4-11-24-9-2-3-10-24/h5-8,13H,2-4,9-12H2,1H3. The molecule has 0 unspecified atom stereocenters. The van der Waals surface area contributed by atoms with Gasteiger partial charge in [-0.05, 0) is 69.6 Å². The van der Waals surface area contributed by atoms with Crippen LogP contribution in [-0.4, -0.2) is 34.3 Å². The van der Waals surface area contributed by atoms with Gasteiger partial charge in [0.15, 0.2) is 0 Å². The highest BCUT2D eigenvalue weighted by molar-refractivity contribution is 7.99. The van der Waals surface area contributed by atoms with Crippen molar-refractivity contribution in [1.82, 2.24) is 14.7 Å². The quantitative estimate of drug-likeness (QED) is 0.456. The fourth-order valence-corrected chi connectivity index (χ4v) is 5.62. The number of rotatable bonds is 4. The summed E-state index contributed by atoms with van der Waals surface area (Å²) < 4.78 is 2.22. The second-order valence-electron chi connectivity index (χ2n) is 7.32. The highest BCUT2D eigenvalue weighted by Gasteiger charge is 2.25. The third-order valence-electron chi connectivity index (χ3n) is 5.52. The lowest BCUT2D eigenvalue weighted by molar-refractivity contribution is 0.323. The maximum absolute atomic E-state index is 6.24. The van der Waals surface area contributed by atoms with E-state index in [2.05, 4.69) is 40.8 Å². The molecule has 1 aromatic heterocycles. The molecule has 2 aromatic carbocycles. The van der Waals surface area contributed by atoms with Crippen molar-refractivity contribution >= 4 is 34.3 Å². The Morgan fingerprint density at radius 3 is 2.81 bits per heavy atom. The topological polar surface area (TPSA) is 21.1 Å². The Hall–Kier alpha value is -1.49. The van der Waals surface area contributed by atoms with Gasteiger partial charge in [0.25, 0.3) is 0 Å². The van der Waals surface area contributed by atoms with Crippen LogP contribution < -0.4 is 0 Å². The van der Waals surface area contributed by atoms with E-state index >= 15 is 0 Å². The average molecular weight is 384 g/mol. The molecule has 0 bridgehead atoms. The number of hydrogen-bond acceptors (Lipinski definition) is 3. The van der Waals surface area contributed by atoms with E-state index in [0.717, 1.165) is 23.7 Å². The van der Waals surface area contributed by atoms with Gasteiger partial charge >= 0.3 is 0 Å². The van der Waals surface area contributed by atoms with E-state index in [1.807, 2.05) is 17.8 Å². The van der Waals surface area contributed by atoms with Gasteiger partial charge in [-0.2, -0.15) is 5.10 Å². The predicted molar refractivity (Wildman–Crippen MR) is 109 cm³/mol. The maximum atomic E-state index is 6.24. The molecule has 3 aromatic rings. The van der Waals surface area contributed by atoms with Crippen molar-refractivity contribution in [2.75, 3.05) is 19.6 Å². The van der Waals surface area contributed by atoms with Crippen LogP contribution in [-0.2, 0) is 6.54 Å². The minimum atomic E-state index is 0.787. The highest BCUT2D eigenvalue weighted by atomic mass is 35.5. The minimum absolute atomic E-state index is 0.787. The van der Waals surface area contributed by atoms with E-state index in [9.17, 15) is 0 Å². The van der Waals surface area contributed by atoms with Crippen LogP contribution in [0.4, 0.5) is 0 Å². The van der Waals surface area contributed by atoms with Gasteiger partial charge in [0, 0.05) is 32.3 Å². The van der Waals surface area contributed by atoms with E-state index < -0.39 is 0 Å². The molecule has 0 amide bonds. The van der Waals surface area contributed by atoms with Crippen LogP contribution in [0.2, 0.25) is 5.02 Å². The number of likely N-dealkylation sites (tertiary alicyclic amines) is 1. The Bertz CT molecular complexity index is 989. The van der Waals surface area contributed by atoms with Gasteiger partial charge in [-0.3, -0.25) is 4.68 Å². The maximum Gasteiger partial charge on any atom is 0.102 e. The molecule has 26 heavy (non-hydrogen) atoms. The summed E-state index contributed by atoms with van der Waals surface area (Å²) >= 11 is 8.07. The summed E-state index contributed by atoms with van der Waals surface area (Å²) in [6, 6.07) is 10.6. The summed E-state index contributed by atoms with van der Waals surface area (Å²) in [4.78, 5) is 5.12. The zero-order valence-electron chi connectivity index (χ0n) is 15.0. The molecule has 134 valence electrons. The van der Waals surface area contributed by atoms with Crippen LogP contribution in [0.15, 0.2) is 40.1 Å². The Morgan fingerprint density at radius 1 is 1.12 bits per heavy atom. The number of nitrogens with zero attached hydrogens (tertiary/aromatic N) is 3. The van der Waals surface area contributed by atoms with Crippen LogP contribution >= 0.6 is 23.4 Å². The lowest BCUT2D eigenvalue weighted by Gasteiger charge is -2.17. The van der Waals surface area contributed by atoms with Crippen molar-refractivity contribution in [2.24, 2.45) is 0 Å². The lowest BCUT2D eigenvalue weighted by Crippen LogP contribution is -2.21. The van der Waals surface area contributed by atoms with Gasteiger partial charge in [-0.25, -0.2) is 0 Å². The molecule has 0 radical (unpaired) electrons. The average Bonchev–Trinajstić information content (AvgIpc) is 3.26. The van der Waals surface area contributed by atoms with Gasteiger partial charge in [-0.15, -0.1) is 0 Å². The molecule has 0 atom stereocenters. The lowest BCUT2D eigenvalue weighted by atomic mass is 10.1. The number of aromatic nitrogens is 2. The Labute approximate surface area is 163 Å². The van der Waals surface area contributed by atoms with E-state index in [1.165, 1.54) is 64.3 Å². The Balaban J connectivity index is 1.54. The molecule has 3 nitrogen and oxygen atoms in total. The molecule has 0 spiro atoms. The Kier molecular flexibility index (Phi) is 4.23. The molecule has 5 heteroatoms. The van der Waals surface area contributed by atoms with Crippen molar-refractivity contribution in [3.63, 3.8) is 0 Å². The molecule has 2 aliphatic heterocycles. The minimum Gasteiger partial charge on any atom is -0.303 e. The summed E-state index contributed by atoms with van der Waals surface area (Å²) in [5.74, 6) is 0. The van der Waals surface area contributed by atoms with E-state index in [-0.39, 0.29) is 0 Å². The smallest absolute Gasteiger partial charge is 0.102 e. The van der Waals surface area contributed by atoms with Crippen LogP contribution in [0.5, 0.6) is 0 Å². The monoisotopic (exact) mass is 383 g/mol. The summed E-state index contributed by atoms with van der Waals surface area (Å²) in [5.41, 5.74) is 4.90. The van der Waals surface area contributed by atoms with Crippen LogP contribution in [0, 0.1) is 6.92 Å². The summed E-state index contributed by atoms with van der Waals surface area (Å²) in [5, 5.41) is 7.14. The van der Waals surface area contributed by atoms with Crippen molar-refractivity contribution in [1.29, 1.82) is 0 Å². The third kappa shape index (κ3) is 2.75. The van der Waals surface area contributed by atoms with Crippen molar-refractivity contribution in [3.8, 4) is 11.3 Å². The number of fused-ring (bicyclic) bond motifs is 2. The van der Waals surface area contributed by atoms with E-state index in [0.29, 0.717) is 0 Å². The molecular weight excluding hydrogens is 362 g/mol. The van der Waals surface area contributed by atoms with Crippen LogP contribution in [0.3, 0.4) is 0 Å². The molecule has 1 saturated heterocycles. The summed E-state index contributed by atoms with van der Waals surface area (Å²) in [7, 11) is 0. The first-order valence-electron chi connectivity index (χ1n) is 9.41. The van der Waals surface area contributed by atoms with Gasteiger partial charge in [0.2, 0.25) is 0 Å². The first-order chi connectivity index (χ1) is 12.7. The summed E-state index contributed by atoms with van der Waals surface area (Å²) in [6.07, 6.45) is 3.86. The van der Waals surface area contributed by atoms with Gasteiger partial charge in [0.05, 0.1) is 5.52 Å². The van der Waals surface area contributed by atoms with Crippen LogP contribution in [0.25, 0.3) is 22.2 Å². The number of hydrogen-bond donors (Lipinski definition) is 0. The largest absolute Gasteiger partial charge is 0.303 e. The number of aryl methyl sites for hydroxylation is 2. The molecule has 0 N–H and O–H groups in total. The second kappa shape index (κ2) is 6.59. The molecule has 5 rings (SSSR count). The zero-order valence-corrected chi connectivity index (χ0v) is 16.5. The third-order valence-corrected chi connectivity index (χ3v) is 7.04. The number of benzene rings is 2. The fraction of sp³-hybridized carbons (Fsp3) is 0.381. The van der Waals surface area contributed by atoms with E-state index in [4.69, 9.17) is 16.7 Å². The van der Waals surface area contributed by atoms with Crippen molar-refractivity contribution in [3.05, 3.63) is 40.9 Å². The molecule has 0 aliphatic carbocycles. The van der Waals surface area contributed by atoms with Gasteiger partial charge in [-0.1, -0.05) is 35.5 Å². The zero-order chi connectivity index (χ0) is 17.7. The van der Waals surface area contributed by atoms with Crippen molar-refractivity contribution in [2.45, 2.75) is 42.5 Å². The SMILES string of the molecule is Cc1ccc2c3c(nn2CCCN2CCCC2)-c2ccc(Cl)cc2Sc13. The van der Waals surface area contributed by atoms with Crippen LogP contribution in [0.1, 0.15) is 24.8 Å². The first-order valence-corrected chi connectivity index (χ1v) is 10.6. The Morgan fingerprint density at radius 2 is 1.96 bits per heavy atom. The van der Waals surface area contributed by atoms with Gasteiger partial charge < -0.3 is 4.90 Å². The molecule has 3 heterocycles. The molecular formula is C21H22ClN3S. The van der Waals surface area contributed by atoms with E-state index in [1.54, 1.807) is 0 Å². The fourth-order valence-electron chi connectivity index (χ4n) is 4.17. The first kappa shape index (κ1) is 16.7. The van der Waals surface area contributed by atoms with Gasteiger partial charge in [0.1, 0.15) is 5.69 Å². The normalized spacial score (nSPS) is 16.4. The molecule has 1 fully saturated rings. The molecule has 2 aliphatic rings. The second-order valence-corrected chi connectivity index (χ2v) is 8.81. The predicted octanol–water partition coefficient (Wildman–Crippen LogP) is 5.62.